The van der Waals surface area contributed by atoms with Gasteiger partial charge in [0.05, 0.1) is 18.3 Å². The molecule has 2 fully saturated rings. The van der Waals surface area contributed by atoms with Gasteiger partial charge in [0, 0.05) is 6.61 Å². The molecule has 3 rings (SSSR count). The second kappa shape index (κ2) is 6.58. The third kappa shape index (κ3) is 3.27. The number of aryl methyl sites for hydroxylation is 1. The van der Waals surface area contributed by atoms with E-state index in [4.69, 9.17) is 14.2 Å². The van der Waals surface area contributed by atoms with Crippen molar-refractivity contribution < 1.29 is 19.0 Å². The summed E-state index contributed by atoms with van der Waals surface area (Å²) in [5.74, 6) is -0.290. The first-order chi connectivity index (χ1) is 10.3. The molecule has 2 saturated heterocycles. The maximum atomic E-state index is 12.2. The molecule has 0 unspecified atom stereocenters. The van der Waals surface area contributed by atoms with Crippen molar-refractivity contribution in [3.63, 3.8) is 0 Å². The van der Waals surface area contributed by atoms with E-state index in [1.54, 1.807) is 0 Å². The van der Waals surface area contributed by atoms with Crippen LogP contribution in [0, 0.1) is 0 Å². The average Bonchev–Trinajstić information content (AvgIpc) is 3.10. The number of rotatable bonds is 5. The molecule has 2 aliphatic heterocycles. The SMILES string of the molecule is CCCCc1ccc(C(=O)O[C@@H]2CO[C@@H]3CCO[C@@H]32)cc1. The minimum atomic E-state index is -0.290. The molecule has 2 heterocycles. The van der Waals surface area contributed by atoms with Crippen LogP contribution in [0.15, 0.2) is 24.3 Å². The summed E-state index contributed by atoms with van der Waals surface area (Å²) in [5, 5.41) is 0. The van der Waals surface area contributed by atoms with E-state index in [1.165, 1.54) is 18.4 Å². The fourth-order valence-corrected chi connectivity index (χ4v) is 2.93. The molecule has 0 aliphatic carbocycles. The van der Waals surface area contributed by atoms with Crippen molar-refractivity contribution in [2.75, 3.05) is 13.2 Å². The van der Waals surface area contributed by atoms with Crippen LogP contribution in [0.25, 0.3) is 0 Å². The number of hydrogen-bond donors (Lipinski definition) is 0. The highest BCUT2D eigenvalue weighted by molar-refractivity contribution is 5.89. The zero-order valence-corrected chi connectivity index (χ0v) is 12.4. The number of unbranched alkanes of at least 4 members (excludes halogenated alkanes) is 1. The highest BCUT2D eigenvalue weighted by Gasteiger charge is 2.44. The second-order valence-electron chi connectivity index (χ2n) is 5.74. The summed E-state index contributed by atoms with van der Waals surface area (Å²) in [7, 11) is 0. The minimum absolute atomic E-state index is 0.0854. The zero-order valence-electron chi connectivity index (χ0n) is 12.4. The van der Waals surface area contributed by atoms with E-state index in [9.17, 15) is 4.79 Å². The van der Waals surface area contributed by atoms with Crippen LogP contribution in [0.4, 0.5) is 0 Å². The molecule has 114 valence electrons. The third-order valence-electron chi connectivity index (χ3n) is 4.19. The lowest BCUT2D eigenvalue weighted by Gasteiger charge is -2.16. The molecule has 21 heavy (non-hydrogen) atoms. The number of ether oxygens (including phenoxy) is 3. The largest absolute Gasteiger partial charge is 0.453 e. The van der Waals surface area contributed by atoms with Crippen LogP contribution in [0.3, 0.4) is 0 Å². The van der Waals surface area contributed by atoms with Gasteiger partial charge in [-0.25, -0.2) is 4.79 Å². The Labute approximate surface area is 125 Å². The normalized spacial score (nSPS) is 27.6. The summed E-state index contributed by atoms with van der Waals surface area (Å²) in [5.41, 5.74) is 1.86. The molecular weight excluding hydrogens is 268 g/mol. The number of hydrogen-bond acceptors (Lipinski definition) is 4. The summed E-state index contributed by atoms with van der Waals surface area (Å²) in [6.45, 7) is 3.30. The highest BCUT2D eigenvalue weighted by Crippen LogP contribution is 2.28. The maximum Gasteiger partial charge on any atom is 0.338 e. The fourth-order valence-electron chi connectivity index (χ4n) is 2.93. The van der Waals surface area contributed by atoms with E-state index >= 15 is 0 Å². The number of carbonyl (C=O) groups excluding carboxylic acids is 1. The lowest BCUT2D eigenvalue weighted by atomic mass is 10.1. The molecule has 2 aliphatic rings. The van der Waals surface area contributed by atoms with Gasteiger partial charge < -0.3 is 14.2 Å². The van der Waals surface area contributed by atoms with Crippen LogP contribution in [0.2, 0.25) is 0 Å². The Hall–Kier alpha value is -1.39. The first kappa shape index (κ1) is 14.5. The number of esters is 1. The quantitative estimate of drug-likeness (QED) is 0.782. The highest BCUT2D eigenvalue weighted by atomic mass is 16.6. The van der Waals surface area contributed by atoms with Crippen LogP contribution in [0.5, 0.6) is 0 Å². The fraction of sp³-hybridized carbons (Fsp3) is 0.588. The molecular formula is C17H22O4. The summed E-state index contributed by atoms with van der Waals surface area (Å²) >= 11 is 0. The Morgan fingerprint density at radius 3 is 2.86 bits per heavy atom. The Kier molecular flexibility index (Phi) is 4.56. The van der Waals surface area contributed by atoms with Gasteiger partial charge in [0.2, 0.25) is 0 Å². The molecule has 4 heteroatoms. The van der Waals surface area contributed by atoms with Crippen LogP contribution < -0.4 is 0 Å². The summed E-state index contributed by atoms with van der Waals surface area (Å²) in [6, 6.07) is 7.70. The van der Waals surface area contributed by atoms with Gasteiger partial charge in [-0.1, -0.05) is 25.5 Å². The number of benzene rings is 1. The Morgan fingerprint density at radius 2 is 2.10 bits per heavy atom. The van der Waals surface area contributed by atoms with Crippen molar-refractivity contribution >= 4 is 5.97 Å². The number of fused-ring (bicyclic) bond motifs is 1. The van der Waals surface area contributed by atoms with Crippen molar-refractivity contribution in [3.8, 4) is 0 Å². The number of carbonyl (C=O) groups is 1. The predicted molar refractivity (Wildman–Crippen MR) is 78.4 cm³/mol. The van der Waals surface area contributed by atoms with E-state index in [-0.39, 0.29) is 24.3 Å². The summed E-state index contributed by atoms with van der Waals surface area (Å²) in [4.78, 5) is 12.2. The Balaban J connectivity index is 1.57. The molecule has 0 radical (unpaired) electrons. The molecule has 0 saturated carbocycles. The van der Waals surface area contributed by atoms with E-state index in [1.807, 2.05) is 24.3 Å². The topological polar surface area (TPSA) is 44.8 Å². The smallest absolute Gasteiger partial charge is 0.338 e. The van der Waals surface area contributed by atoms with Crippen LogP contribution in [0.1, 0.15) is 42.1 Å². The Bertz CT molecular complexity index is 482. The van der Waals surface area contributed by atoms with Gasteiger partial charge in [-0.05, 0) is 37.0 Å². The van der Waals surface area contributed by atoms with Crippen molar-refractivity contribution in [2.24, 2.45) is 0 Å². The summed E-state index contributed by atoms with van der Waals surface area (Å²) < 4.78 is 16.7. The first-order valence-electron chi connectivity index (χ1n) is 7.81. The summed E-state index contributed by atoms with van der Waals surface area (Å²) in [6.07, 6.45) is 4.03. The van der Waals surface area contributed by atoms with E-state index in [0.29, 0.717) is 18.8 Å². The van der Waals surface area contributed by atoms with Gasteiger partial charge in [0.1, 0.15) is 6.10 Å². The first-order valence-corrected chi connectivity index (χ1v) is 7.81. The van der Waals surface area contributed by atoms with Gasteiger partial charge >= 0.3 is 5.97 Å². The molecule has 0 amide bonds. The molecule has 0 spiro atoms. The molecule has 0 aromatic heterocycles. The molecule has 3 atom stereocenters. The predicted octanol–water partition coefficient (Wildman–Crippen LogP) is 2.74. The molecule has 1 aromatic rings. The zero-order chi connectivity index (χ0) is 14.7. The minimum Gasteiger partial charge on any atom is -0.453 e. The molecule has 0 bridgehead atoms. The standard InChI is InChI=1S/C17H22O4/c1-2-3-4-12-5-7-13(8-6-12)17(18)21-15-11-20-14-9-10-19-16(14)15/h5-8,14-16H,2-4,9-11H2,1H3/t14-,15-,16+/m1/s1. The average molecular weight is 290 g/mol. The van der Waals surface area contributed by atoms with Crippen LogP contribution >= 0.6 is 0 Å². The lowest BCUT2D eigenvalue weighted by Crippen LogP contribution is -2.32. The lowest BCUT2D eigenvalue weighted by molar-refractivity contribution is -0.0148. The molecule has 1 aromatic carbocycles. The van der Waals surface area contributed by atoms with Crippen molar-refractivity contribution in [1.29, 1.82) is 0 Å². The maximum absolute atomic E-state index is 12.2. The van der Waals surface area contributed by atoms with Crippen LogP contribution in [-0.4, -0.2) is 37.5 Å². The van der Waals surface area contributed by atoms with Crippen molar-refractivity contribution in [2.45, 2.75) is 50.9 Å². The van der Waals surface area contributed by atoms with Crippen LogP contribution in [-0.2, 0) is 20.6 Å². The van der Waals surface area contributed by atoms with Gasteiger partial charge in [-0.3, -0.25) is 0 Å². The van der Waals surface area contributed by atoms with Crippen molar-refractivity contribution in [1.82, 2.24) is 0 Å². The van der Waals surface area contributed by atoms with Gasteiger partial charge in [0.25, 0.3) is 0 Å². The van der Waals surface area contributed by atoms with E-state index in [2.05, 4.69) is 6.92 Å². The monoisotopic (exact) mass is 290 g/mol. The second-order valence-corrected chi connectivity index (χ2v) is 5.74. The third-order valence-corrected chi connectivity index (χ3v) is 4.19. The van der Waals surface area contributed by atoms with E-state index < -0.39 is 0 Å². The van der Waals surface area contributed by atoms with Gasteiger partial charge in [-0.15, -0.1) is 0 Å². The van der Waals surface area contributed by atoms with Gasteiger partial charge in [-0.2, -0.15) is 0 Å². The van der Waals surface area contributed by atoms with Gasteiger partial charge in [0.15, 0.2) is 6.10 Å². The Morgan fingerprint density at radius 1 is 1.29 bits per heavy atom. The van der Waals surface area contributed by atoms with Crippen molar-refractivity contribution in [3.05, 3.63) is 35.4 Å². The van der Waals surface area contributed by atoms with E-state index in [0.717, 1.165) is 12.8 Å². The molecule has 4 nitrogen and oxygen atoms in total. The molecule has 0 N–H and O–H groups in total.